The van der Waals surface area contributed by atoms with E-state index in [1.807, 2.05) is 0 Å². The zero-order chi connectivity index (χ0) is 18.9. The molecule has 8 heteroatoms. The molecule has 0 atom stereocenters. The first kappa shape index (κ1) is 18.4. The van der Waals surface area contributed by atoms with Crippen molar-refractivity contribution in [3.05, 3.63) is 79.4 Å². The number of hydrogen-bond acceptors (Lipinski definition) is 3. The van der Waals surface area contributed by atoms with Gasteiger partial charge in [-0.05, 0) is 39.7 Å². The maximum atomic E-state index is 13.4. The Bertz CT molecular complexity index is 1050. The minimum atomic E-state index is -4.79. The van der Waals surface area contributed by atoms with Crippen LogP contribution in [-0.2, 0) is 12.7 Å². The number of rotatable bonds is 3. The van der Waals surface area contributed by atoms with Crippen LogP contribution >= 0.6 is 27.3 Å². The first-order valence-corrected chi connectivity index (χ1v) is 8.97. The highest BCUT2D eigenvalue weighted by atomic mass is 79.9. The van der Waals surface area contributed by atoms with Crippen molar-refractivity contribution in [2.75, 3.05) is 0 Å². The standard InChI is InChI=1S/C18H10BrF3N2OS/c19-16-7-6-15(26-16)14-8-13(18(20,21)22)12(9-23)17(25)24(14)10-11-4-2-1-3-5-11/h1-8H,10H2. The van der Waals surface area contributed by atoms with Crippen LogP contribution in [0, 0.1) is 11.3 Å². The van der Waals surface area contributed by atoms with E-state index < -0.39 is 22.9 Å². The van der Waals surface area contributed by atoms with Gasteiger partial charge in [-0.25, -0.2) is 0 Å². The first-order valence-electron chi connectivity index (χ1n) is 7.36. The lowest BCUT2D eigenvalue weighted by molar-refractivity contribution is -0.137. The third-order valence-corrected chi connectivity index (χ3v) is 5.37. The highest BCUT2D eigenvalue weighted by molar-refractivity contribution is 9.11. The van der Waals surface area contributed by atoms with Gasteiger partial charge < -0.3 is 4.57 Å². The number of pyridine rings is 1. The number of nitrogens with zero attached hydrogens (tertiary/aromatic N) is 2. The van der Waals surface area contributed by atoms with Crippen molar-refractivity contribution >= 4 is 27.3 Å². The lowest BCUT2D eigenvalue weighted by Crippen LogP contribution is -2.28. The summed E-state index contributed by atoms with van der Waals surface area (Å²) in [5, 5.41) is 9.15. The maximum Gasteiger partial charge on any atom is 0.417 e. The SMILES string of the molecule is N#Cc1c(C(F)(F)F)cc(-c2ccc(Br)s2)n(Cc2ccccc2)c1=O. The number of alkyl halides is 3. The van der Waals surface area contributed by atoms with E-state index in [4.69, 9.17) is 5.26 Å². The zero-order valence-corrected chi connectivity index (χ0v) is 15.5. The van der Waals surface area contributed by atoms with E-state index in [0.29, 0.717) is 4.88 Å². The van der Waals surface area contributed by atoms with Crippen molar-refractivity contribution in [1.82, 2.24) is 4.57 Å². The van der Waals surface area contributed by atoms with Gasteiger partial charge in [-0.3, -0.25) is 4.79 Å². The Labute approximate surface area is 159 Å². The van der Waals surface area contributed by atoms with Gasteiger partial charge in [0.05, 0.1) is 26.5 Å². The normalized spacial score (nSPS) is 11.3. The van der Waals surface area contributed by atoms with Gasteiger partial charge >= 0.3 is 6.18 Å². The molecule has 3 aromatic rings. The summed E-state index contributed by atoms with van der Waals surface area (Å²) in [5.74, 6) is 0. The molecule has 2 aromatic heterocycles. The lowest BCUT2D eigenvalue weighted by Gasteiger charge is -2.16. The van der Waals surface area contributed by atoms with E-state index in [1.54, 1.807) is 42.5 Å². The van der Waals surface area contributed by atoms with Crippen molar-refractivity contribution in [3.8, 4) is 16.6 Å². The van der Waals surface area contributed by atoms with E-state index in [9.17, 15) is 18.0 Å². The van der Waals surface area contributed by atoms with Crippen LogP contribution in [0.2, 0.25) is 0 Å². The van der Waals surface area contributed by atoms with E-state index >= 15 is 0 Å². The third-order valence-electron chi connectivity index (χ3n) is 3.73. The van der Waals surface area contributed by atoms with Crippen LogP contribution < -0.4 is 5.56 Å². The maximum absolute atomic E-state index is 13.4. The summed E-state index contributed by atoms with van der Waals surface area (Å²) in [6.45, 7) is 0.0668. The Hall–Kier alpha value is -2.37. The number of benzene rings is 1. The van der Waals surface area contributed by atoms with Gasteiger partial charge in [-0.1, -0.05) is 30.3 Å². The fourth-order valence-corrected chi connectivity index (χ4v) is 3.97. The van der Waals surface area contributed by atoms with Gasteiger partial charge in [-0.2, -0.15) is 18.4 Å². The molecular formula is C18H10BrF3N2OS. The molecular weight excluding hydrogens is 429 g/mol. The fourth-order valence-electron chi connectivity index (χ4n) is 2.56. The highest BCUT2D eigenvalue weighted by Crippen LogP contribution is 2.36. The molecule has 0 fully saturated rings. The summed E-state index contributed by atoms with van der Waals surface area (Å²) in [5.41, 5.74) is -2.19. The molecule has 0 unspecified atom stereocenters. The van der Waals surface area contributed by atoms with E-state index in [0.717, 1.165) is 15.4 Å². The molecule has 0 spiro atoms. The molecule has 0 N–H and O–H groups in total. The minimum Gasteiger partial charge on any atom is -0.302 e. The van der Waals surface area contributed by atoms with E-state index in [1.165, 1.54) is 22.0 Å². The summed E-state index contributed by atoms with van der Waals surface area (Å²) in [7, 11) is 0. The molecule has 0 saturated carbocycles. The van der Waals surface area contributed by atoms with Crippen LogP contribution in [0.25, 0.3) is 10.6 Å². The number of hydrogen-bond donors (Lipinski definition) is 0. The smallest absolute Gasteiger partial charge is 0.302 e. The monoisotopic (exact) mass is 438 g/mol. The summed E-state index contributed by atoms with van der Waals surface area (Å²) in [6.07, 6.45) is -4.79. The number of thiophene rings is 1. The Morgan fingerprint density at radius 3 is 2.38 bits per heavy atom. The number of nitriles is 1. The Balaban J connectivity index is 2.30. The first-order chi connectivity index (χ1) is 12.3. The second-order valence-corrected chi connectivity index (χ2v) is 7.87. The van der Waals surface area contributed by atoms with Crippen LogP contribution in [0.3, 0.4) is 0 Å². The van der Waals surface area contributed by atoms with Gasteiger partial charge in [0, 0.05) is 0 Å². The second kappa shape index (κ2) is 7.09. The summed E-state index contributed by atoms with van der Waals surface area (Å²) in [4.78, 5) is 13.2. The molecule has 0 amide bonds. The van der Waals surface area contributed by atoms with Crippen molar-refractivity contribution in [3.63, 3.8) is 0 Å². The molecule has 0 aliphatic carbocycles. The van der Waals surface area contributed by atoms with Gasteiger partial charge in [0.1, 0.15) is 11.6 Å². The molecule has 0 aliphatic heterocycles. The Kier molecular flexibility index (Phi) is 5.03. The highest BCUT2D eigenvalue weighted by Gasteiger charge is 2.36. The van der Waals surface area contributed by atoms with Crippen molar-refractivity contribution in [2.45, 2.75) is 12.7 Å². The zero-order valence-electron chi connectivity index (χ0n) is 13.0. The van der Waals surface area contributed by atoms with Crippen LogP contribution in [0.4, 0.5) is 13.2 Å². The number of halogens is 4. The topological polar surface area (TPSA) is 45.8 Å². The predicted molar refractivity (Wildman–Crippen MR) is 97.0 cm³/mol. The van der Waals surface area contributed by atoms with E-state index in [-0.39, 0.29) is 12.2 Å². The molecule has 1 aromatic carbocycles. The van der Waals surface area contributed by atoms with Gasteiger partial charge in [0.25, 0.3) is 5.56 Å². The van der Waals surface area contributed by atoms with Crippen molar-refractivity contribution in [2.24, 2.45) is 0 Å². The molecule has 0 saturated heterocycles. The fraction of sp³-hybridized carbons (Fsp3) is 0.111. The van der Waals surface area contributed by atoms with E-state index in [2.05, 4.69) is 15.9 Å². The van der Waals surface area contributed by atoms with Gasteiger partial charge in [0.2, 0.25) is 0 Å². The molecule has 2 heterocycles. The summed E-state index contributed by atoms with van der Waals surface area (Å²) < 4.78 is 42.0. The van der Waals surface area contributed by atoms with Gasteiger partial charge in [-0.15, -0.1) is 11.3 Å². The van der Waals surface area contributed by atoms with Crippen LogP contribution in [0.1, 0.15) is 16.7 Å². The molecule has 3 rings (SSSR count). The largest absolute Gasteiger partial charge is 0.417 e. The molecule has 0 radical (unpaired) electrons. The molecule has 0 bridgehead atoms. The third kappa shape index (κ3) is 3.59. The lowest BCUT2D eigenvalue weighted by atomic mass is 10.1. The molecule has 3 nitrogen and oxygen atoms in total. The van der Waals surface area contributed by atoms with Crippen molar-refractivity contribution in [1.29, 1.82) is 5.26 Å². The average Bonchev–Trinajstić information content (AvgIpc) is 3.02. The Morgan fingerprint density at radius 1 is 1.15 bits per heavy atom. The quantitative estimate of drug-likeness (QED) is 0.558. The molecule has 0 aliphatic rings. The van der Waals surface area contributed by atoms with Gasteiger partial charge in [0.15, 0.2) is 0 Å². The summed E-state index contributed by atoms with van der Waals surface area (Å²) >= 11 is 4.50. The Morgan fingerprint density at radius 2 is 1.85 bits per heavy atom. The van der Waals surface area contributed by atoms with Crippen LogP contribution in [0.15, 0.2) is 57.1 Å². The predicted octanol–water partition coefficient (Wildman–Crippen LogP) is 5.28. The summed E-state index contributed by atoms with van der Waals surface area (Å²) in [6, 6.07) is 14.5. The van der Waals surface area contributed by atoms with Crippen LogP contribution in [-0.4, -0.2) is 4.57 Å². The second-order valence-electron chi connectivity index (χ2n) is 5.41. The minimum absolute atomic E-state index is 0.0668. The average molecular weight is 439 g/mol. The van der Waals surface area contributed by atoms with Crippen LogP contribution in [0.5, 0.6) is 0 Å². The molecule has 132 valence electrons. The molecule has 26 heavy (non-hydrogen) atoms. The number of aromatic nitrogens is 1. The van der Waals surface area contributed by atoms with Crippen molar-refractivity contribution < 1.29 is 13.2 Å².